The van der Waals surface area contributed by atoms with Crippen molar-refractivity contribution in [1.82, 2.24) is 19.9 Å². The number of nitrogens with zero attached hydrogens (tertiary/aromatic N) is 5. The number of carbonyl (C=O) groups is 1. The van der Waals surface area contributed by atoms with Crippen molar-refractivity contribution in [3.05, 3.63) is 95.3 Å². The molecule has 0 radical (unpaired) electrons. The highest BCUT2D eigenvalue weighted by atomic mass is 19.1. The number of ether oxygens (including phenoxy) is 1. The number of rotatable bonds is 8. The Morgan fingerprint density at radius 1 is 1.02 bits per heavy atom. The van der Waals surface area contributed by atoms with E-state index in [1.54, 1.807) is 30.0 Å². The van der Waals surface area contributed by atoms with Crippen LogP contribution in [0.1, 0.15) is 29.6 Å². The third kappa shape index (κ3) is 5.65. The van der Waals surface area contributed by atoms with Crippen molar-refractivity contribution < 1.29 is 22.7 Å². The number of aryl methyl sites for hydroxylation is 2. The van der Waals surface area contributed by atoms with Crippen LogP contribution in [0.2, 0.25) is 0 Å². The van der Waals surface area contributed by atoms with Gasteiger partial charge in [-0.1, -0.05) is 25.6 Å². The van der Waals surface area contributed by atoms with Crippen LogP contribution in [0.15, 0.2) is 55.3 Å². The van der Waals surface area contributed by atoms with Gasteiger partial charge in [0.1, 0.15) is 35.3 Å². The number of fused-ring (bicyclic) bond motifs is 1. The second kappa shape index (κ2) is 12.1. The molecule has 0 unspecified atom stereocenters. The maximum Gasteiger partial charge on any atom is 0.246 e. The monoisotopic (exact) mass is 561 g/mol. The van der Waals surface area contributed by atoms with Crippen LogP contribution >= 0.6 is 0 Å². The summed E-state index contributed by atoms with van der Waals surface area (Å²) in [6, 6.07) is 9.28. The van der Waals surface area contributed by atoms with Gasteiger partial charge in [-0.2, -0.15) is 0 Å². The number of carbonyl (C=O) groups excluding carboxylic acids is 1. The Bertz CT molecular complexity index is 1620. The van der Waals surface area contributed by atoms with Crippen molar-refractivity contribution in [1.29, 1.82) is 0 Å². The maximum absolute atomic E-state index is 16.5. The number of amides is 1. The van der Waals surface area contributed by atoms with E-state index < -0.39 is 17.5 Å². The molecule has 0 aliphatic carbocycles. The van der Waals surface area contributed by atoms with Crippen LogP contribution in [-0.2, 0) is 29.2 Å². The van der Waals surface area contributed by atoms with Crippen molar-refractivity contribution >= 4 is 22.6 Å². The lowest BCUT2D eigenvalue weighted by Gasteiger charge is -2.35. The van der Waals surface area contributed by atoms with Gasteiger partial charge in [0.2, 0.25) is 5.91 Å². The van der Waals surface area contributed by atoms with Crippen molar-refractivity contribution in [2.45, 2.75) is 33.5 Å². The molecule has 1 aliphatic heterocycles. The lowest BCUT2D eigenvalue weighted by Crippen LogP contribution is -2.48. The SMILES string of the molecule is C=CC(=O)N1CCN(c2nc(COCc3ncccc3F)nc3c(F)c(-c4c(F)cccc4CC)c(C)cc23)CC1. The second-order valence-corrected chi connectivity index (χ2v) is 9.81. The van der Waals surface area contributed by atoms with Crippen LogP contribution in [0.3, 0.4) is 0 Å². The Hall–Kier alpha value is -4.31. The van der Waals surface area contributed by atoms with Gasteiger partial charge in [-0.05, 0) is 54.8 Å². The number of aromatic nitrogens is 3. The summed E-state index contributed by atoms with van der Waals surface area (Å²) in [5, 5.41) is 0.473. The van der Waals surface area contributed by atoms with Crippen LogP contribution in [0.5, 0.6) is 0 Å². The molecular weight excluding hydrogens is 531 g/mol. The van der Waals surface area contributed by atoms with E-state index >= 15 is 8.78 Å². The summed E-state index contributed by atoms with van der Waals surface area (Å²) in [5.41, 5.74) is 1.77. The van der Waals surface area contributed by atoms with Crippen LogP contribution < -0.4 is 4.90 Å². The molecule has 0 N–H and O–H groups in total. The number of piperazine rings is 1. The third-order valence-corrected chi connectivity index (χ3v) is 7.26. The zero-order valence-electron chi connectivity index (χ0n) is 23.0. The Morgan fingerprint density at radius 3 is 2.49 bits per heavy atom. The summed E-state index contributed by atoms with van der Waals surface area (Å²) in [6.45, 7) is 8.74. The van der Waals surface area contributed by atoms with Gasteiger partial charge in [0.05, 0.1) is 6.61 Å². The number of benzene rings is 2. The first-order valence-electron chi connectivity index (χ1n) is 13.4. The number of hydrogen-bond acceptors (Lipinski definition) is 6. The quantitative estimate of drug-likeness (QED) is 0.264. The molecule has 7 nitrogen and oxygen atoms in total. The molecule has 41 heavy (non-hydrogen) atoms. The molecule has 2 aromatic heterocycles. The van der Waals surface area contributed by atoms with Crippen LogP contribution in [-0.4, -0.2) is 51.9 Å². The van der Waals surface area contributed by atoms with Gasteiger partial charge in [0.15, 0.2) is 11.6 Å². The first-order chi connectivity index (χ1) is 19.8. The Morgan fingerprint density at radius 2 is 1.78 bits per heavy atom. The average molecular weight is 562 g/mol. The van der Waals surface area contributed by atoms with E-state index in [4.69, 9.17) is 9.72 Å². The van der Waals surface area contributed by atoms with Crippen molar-refractivity contribution in [2.75, 3.05) is 31.1 Å². The Kier molecular flexibility index (Phi) is 8.30. The fourth-order valence-corrected chi connectivity index (χ4v) is 5.17. The Balaban J connectivity index is 1.58. The zero-order chi connectivity index (χ0) is 29.1. The smallest absolute Gasteiger partial charge is 0.246 e. The van der Waals surface area contributed by atoms with E-state index in [1.165, 1.54) is 30.5 Å². The standard InChI is InChI=1S/C31H30F3N5O2/c1-4-20-8-6-9-23(33)28(20)27-19(3)16-21-30(29(27)34)36-25(18-41-17-24-22(32)10-7-11-35-24)37-31(21)39-14-12-38(13-15-39)26(40)5-2/h5-11,16H,2,4,12-15,17-18H2,1,3H3. The first-order valence-corrected chi connectivity index (χ1v) is 13.4. The summed E-state index contributed by atoms with van der Waals surface area (Å²) >= 11 is 0. The van der Waals surface area contributed by atoms with E-state index in [0.717, 1.165) is 0 Å². The molecule has 4 aromatic rings. The van der Waals surface area contributed by atoms with E-state index in [0.29, 0.717) is 54.9 Å². The molecule has 0 atom stereocenters. The van der Waals surface area contributed by atoms with Crippen LogP contribution in [0.4, 0.5) is 19.0 Å². The summed E-state index contributed by atoms with van der Waals surface area (Å²) < 4.78 is 51.3. The largest absolute Gasteiger partial charge is 0.367 e. The molecule has 10 heteroatoms. The highest BCUT2D eigenvalue weighted by Crippen LogP contribution is 2.38. The van der Waals surface area contributed by atoms with Crippen molar-refractivity contribution in [3.8, 4) is 11.1 Å². The van der Waals surface area contributed by atoms with E-state index in [1.807, 2.05) is 11.8 Å². The molecule has 0 spiro atoms. The molecule has 1 fully saturated rings. The number of pyridine rings is 1. The minimum Gasteiger partial charge on any atom is -0.367 e. The summed E-state index contributed by atoms with van der Waals surface area (Å²) in [5.74, 6) is -1.14. The second-order valence-electron chi connectivity index (χ2n) is 9.81. The number of halogens is 3. The van der Waals surface area contributed by atoms with Gasteiger partial charge in [-0.3, -0.25) is 9.78 Å². The Labute approximate surface area is 236 Å². The van der Waals surface area contributed by atoms with Gasteiger partial charge in [0.25, 0.3) is 0 Å². The van der Waals surface area contributed by atoms with Gasteiger partial charge >= 0.3 is 0 Å². The molecule has 0 bridgehead atoms. The van der Waals surface area contributed by atoms with Crippen molar-refractivity contribution in [3.63, 3.8) is 0 Å². The molecule has 1 aliphatic rings. The molecule has 0 saturated carbocycles. The van der Waals surface area contributed by atoms with E-state index in [9.17, 15) is 9.18 Å². The van der Waals surface area contributed by atoms with E-state index in [-0.39, 0.29) is 47.3 Å². The normalized spacial score (nSPS) is 13.6. The first kappa shape index (κ1) is 28.2. The predicted molar refractivity (Wildman–Crippen MR) is 151 cm³/mol. The lowest BCUT2D eigenvalue weighted by molar-refractivity contribution is -0.126. The molecular formula is C31H30F3N5O2. The highest BCUT2D eigenvalue weighted by molar-refractivity contribution is 5.95. The molecule has 1 saturated heterocycles. The number of hydrogen-bond donors (Lipinski definition) is 0. The molecule has 3 heterocycles. The molecule has 1 amide bonds. The van der Waals surface area contributed by atoms with E-state index in [2.05, 4.69) is 16.5 Å². The fourth-order valence-electron chi connectivity index (χ4n) is 5.17. The minimum absolute atomic E-state index is 0.0353. The maximum atomic E-state index is 16.5. The third-order valence-electron chi connectivity index (χ3n) is 7.26. The summed E-state index contributed by atoms with van der Waals surface area (Å²) in [4.78, 5) is 29.0. The van der Waals surface area contributed by atoms with Crippen molar-refractivity contribution in [2.24, 2.45) is 0 Å². The molecule has 2 aromatic carbocycles. The van der Waals surface area contributed by atoms with Gasteiger partial charge in [-0.15, -0.1) is 0 Å². The van der Waals surface area contributed by atoms with Gasteiger partial charge in [-0.25, -0.2) is 23.1 Å². The predicted octanol–water partition coefficient (Wildman–Crippen LogP) is 5.53. The van der Waals surface area contributed by atoms with Crippen LogP contribution in [0, 0.1) is 24.4 Å². The highest BCUT2D eigenvalue weighted by Gasteiger charge is 2.26. The number of anilines is 1. The minimum atomic E-state index is -0.652. The average Bonchev–Trinajstić information content (AvgIpc) is 2.98. The summed E-state index contributed by atoms with van der Waals surface area (Å²) in [6.07, 6.45) is 3.27. The fraction of sp³-hybridized carbons (Fsp3) is 0.290. The molecule has 212 valence electrons. The zero-order valence-corrected chi connectivity index (χ0v) is 23.0. The van der Waals surface area contributed by atoms with Gasteiger partial charge < -0.3 is 14.5 Å². The lowest BCUT2D eigenvalue weighted by atomic mass is 9.92. The topological polar surface area (TPSA) is 71.5 Å². The molecule has 5 rings (SSSR count). The van der Waals surface area contributed by atoms with Gasteiger partial charge in [0, 0.05) is 48.9 Å². The summed E-state index contributed by atoms with van der Waals surface area (Å²) in [7, 11) is 0. The van der Waals surface area contributed by atoms with Crippen LogP contribution in [0.25, 0.3) is 22.0 Å².